The third-order valence-corrected chi connectivity index (χ3v) is 6.10. The summed E-state index contributed by atoms with van der Waals surface area (Å²) in [5, 5.41) is 12.8. The van der Waals surface area contributed by atoms with Crippen LogP contribution in [-0.2, 0) is 10.2 Å². The van der Waals surface area contributed by atoms with Gasteiger partial charge < -0.3 is 14.6 Å². The Hall–Kier alpha value is -2.52. The lowest BCUT2D eigenvalue weighted by molar-refractivity contribution is 0.129. The molecule has 1 aliphatic carbocycles. The van der Waals surface area contributed by atoms with Gasteiger partial charge in [0.25, 0.3) is 0 Å². The number of rotatable bonds is 7. The van der Waals surface area contributed by atoms with E-state index in [4.69, 9.17) is 9.47 Å². The first-order chi connectivity index (χ1) is 13.7. The van der Waals surface area contributed by atoms with E-state index in [1.807, 2.05) is 25.1 Å². The number of methoxy groups -OCH3 is 1. The van der Waals surface area contributed by atoms with Gasteiger partial charge in [-0.05, 0) is 71.7 Å². The maximum absolute atomic E-state index is 10.9. The van der Waals surface area contributed by atoms with Crippen molar-refractivity contribution in [1.29, 1.82) is 0 Å². The molecule has 0 saturated heterocycles. The van der Waals surface area contributed by atoms with Crippen LogP contribution in [0.15, 0.2) is 48.5 Å². The third-order valence-electron chi connectivity index (χ3n) is 6.10. The molecule has 0 aliphatic heterocycles. The summed E-state index contributed by atoms with van der Waals surface area (Å²) < 4.78 is 11.1. The van der Waals surface area contributed by atoms with Gasteiger partial charge in [0.15, 0.2) is 0 Å². The molecule has 4 rings (SSSR count). The molecule has 28 heavy (non-hydrogen) atoms. The Morgan fingerprint density at radius 1 is 0.929 bits per heavy atom. The molecule has 3 aromatic rings. The van der Waals surface area contributed by atoms with Crippen LogP contribution >= 0.6 is 0 Å². The van der Waals surface area contributed by atoms with E-state index in [0.717, 1.165) is 42.4 Å². The number of hydrogen-bond donors (Lipinski definition) is 1. The van der Waals surface area contributed by atoms with Crippen LogP contribution in [0.4, 0.5) is 0 Å². The summed E-state index contributed by atoms with van der Waals surface area (Å²) in [7, 11) is 1.65. The van der Waals surface area contributed by atoms with Crippen molar-refractivity contribution >= 4 is 10.8 Å². The Bertz CT molecular complexity index is 1010. The first-order valence-corrected chi connectivity index (χ1v) is 10.2. The number of ether oxygens (including phenoxy) is 2. The van der Waals surface area contributed by atoms with Crippen molar-refractivity contribution < 1.29 is 14.6 Å². The summed E-state index contributed by atoms with van der Waals surface area (Å²) in [6.07, 6.45) is 3.02. The van der Waals surface area contributed by atoms with Crippen molar-refractivity contribution in [2.75, 3.05) is 20.3 Å². The average Bonchev–Trinajstić information content (AvgIpc) is 2.98. The van der Waals surface area contributed by atoms with Gasteiger partial charge >= 0.3 is 0 Å². The molecule has 0 fully saturated rings. The van der Waals surface area contributed by atoms with Gasteiger partial charge in [0, 0.05) is 24.0 Å². The van der Waals surface area contributed by atoms with E-state index in [1.54, 1.807) is 7.11 Å². The van der Waals surface area contributed by atoms with Crippen molar-refractivity contribution in [2.24, 2.45) is 0 Å². The Morgan fingerprint density at radius 3 is 2.50 bits per heavy atom. The summed E-state index contributed by atoms with van der Waals surface area (Å²) in [5.41, 5.74) is 4.98. The topological polar surface area (TPSA) is 38.7 Å². The van der Waals surface area contributed by atoms with Gasteiger partial charge in [-0.15, -0.1) is 0 Å². The van der Waals surface area contributed by atoms with Crippen LogP contribution in [0.5, 0.6) is 11.5 Å². The Morgan fingerprint density at radius 2 is 1.75 bits per heavy atom. The molecule has 0 bridgehead atoms. The van der Waals surface area contributed by atoms with Crippen molar-refractivity contribution in [3.05, 3.63) is 59.7 Å². The number of phenols is 1. The van der Waals surface area contributed by atoms with Gasteiger partial charge in [0.1, 0.15) is 11.5 Å². The van der Waals surface area contributed by atoms with Crippen LogP contribution in [-0.4, -0.2) is 25.4 Å². The molecule has 0 heterocycles. The van der Waals surface area contributed by atoms with E-state index in [1.165, 1.54) is 22.3 Å². The molecule has 0 radical (unpaired) electrons. The molecule has 0 aromatic heterocycles. The summed E-state index contributed by atoms with van der Waals surface area (Å²) in [6, 6.07) is 16.7. The van der Waals surface area contributed by atoms with E-state index >= 15 is 0 Å². The minimum atomic E-state index is -0.124. The van der Waals surface area contributed by atoms with Crippen molar-refractivity contribution in [3.63, 3.8) is 0 Å². The summed E-state index contributed by atoms with van der Waals surface area (Å²) in [4.78, 5) is 0. The van der Waals surface area contributed by atoms with Gasteiger partial charge in [-0.2, -0.15) is 0 Å². The van der Waals surface area contributed by atoms with Crippen LogP contribution in [0.1, 0.15) is 44.2 Å². The molecular weight excluding hydrogens is 348 g/mol. The zero-order valence-electron chi connectivity index (χ0n) is 16.9. The molecule has 3 heteroatoms. The Kier molecular flexibility index (Phi) is 5.03. The molecule has 3 nitrogen and oxygen atoms in total. The number of benzene rings is 3. The van der Waals surface area contributed by atoms with E-state index in [0.29, 0.717) is 12.4 Å². The fraction of sp³-hybridized carbons (Fsp3) is 0.360. The zero-order chi connectivity index (χ0) is 19.7. The first-order valence-electron chi connectivity index (χ1n) is 10.2. The molecule has 3 aromatic carbocycles. The molecular formula is C25H28O3. The van der Waals surface area contributed by atoms with Crippen LogP contribution in [0, 0.1) is 0 Å². The fourth-order valence-electron chi connectivity index (χ4n) is 4.92. The average molecular weight is 376 g/mol. The maximum atomic E-state index is 10.9. The lowest BCUT2D eigenvalue weighted by Crippen LogP contribution is -2.27. The van der Waals surface area contributed by atoms with Gasteiger partial charge in [-0.1, -0.05) is 37.6 Å². The second kappa shape index (κ2) is 7.48. The van der Waals surface area contributed by atoms with Gasteiger partial charge in [0.05, 0.1) is 7.11 Å². The van der Waals surface area contributed by atoms with Gasteiger partial charge in [-0.3, -0.25) is 0 Å². The number of hydrogen-bond acceptors (Lipinski definition) is 3. The monoisotopic (exact) mass is 376 g/mol. The fourth-order valence-corrected chi connectivity index (χ4v) is 4.92. The zero-order valence-corrected chi connectivity index (χ0v) is 16.9. The predicted octanol–water partition coefficient (Wildman–Crippen LogP) is 6.05. The Balaban J connectivity index is 2.02. The molecule has 1 atom stereocenters. The largest absolute Gasteiger partial charge is 0.507 e. The second-order valence-electron chi connectivity index (χ2n) is 7.55. The molecule has 146 valence electrons. The Labute approximate surface area is 166 Å². The van der Waals surface area contributed by atoms with Crippen LogP contribution in [0.25, 0.3) is 21.9 Å². The van der Waals surface area contributed by atoms with E-state index in [9.17, 15) is 5.11 Å². The highest BCUT2D eigenvalue weighted by Crippen LogP contribution is 2.56. The maximum Gasteiger partial charge on any atom is 0.123 e. The normalized spacial score (nSPS) is 17.5. The predicted molar refractivity (Wildman–Crippen MR) is 114 cm³/mol. The quantitative estimate of drug-likeness (QED) is 0.510. The van der Waals surface area contributed by atoms with Crippen LogP contribution in [0.2, 0.25) is 0 Å². The third kappa shape index (κ3) is 2.77. The molecule has 0 amide bonds. The highest BCUT2D eigenvalue weighted by molar-refractivity contribution is 6.05. The van der Waals surface area contributed by atoms with Crippen molar-refractivity contribution in [2.45, 2.75) is 38.5 Å². The standard InChI is InChI=1S/C25H28O3/c1-4-12-25(13-14-28-5-2)21-9-7-6-8-19(21)24-18-11-10-17(27-3)15-20(18)23(26)16-22(24)25/h6-11,15-16,26H,4-5,12-14H2,1-3H3. The number of fused-ring (bicyclic) bond motifs is 5. The molecule has 1 N–H and O–H groups in total. The summed E-state index contributed by atoms with van der Waals surface area (Å²) >= 11 is 0. The second-order valence-corrected chi connectivity index (χ2v) is 7.55. The lowest BCUT2D eigenvalue weighted by Gasteiger charge is -2.32. The minimum absolute atomic E-state index is 0.124. The van der Waals surface area contributed by atoms with E-state index in [2.05, 4.69) is 37.3 Å². The first kappa shape index (κ1) is 18.8. The van der Waals surface area contributed by atoms with Gasteiger partial charge in [0.2, 0.25) is 0 Å². The molecule has 0 saturated carbocycles. The van der Waals surface area contributed by atoms with Crippen molar-refractivity contribution in [3.8, 4) is 22.6 Å². The minimum Gasteiger partial charge on any atom is -0.507 e. The van der Waals surface area contributed by atoms with E-state index < -0.39 is 0 Å². The molecule has 1 unspecified atom stereocenters. The van der Waals surface area contributed by atoms with E-state index in [-0.39, 0.29) is 5.41 Å². The lowest BCUT2D eigenvalue weighted by atomic mass is 9.72. The highest BCUT2D eigenvalue weighted by Gasteiger charge is 2.43. The van der Waals surface area contributed by atoms with Crippen molar-refractivity contribution in [1.82, 2.24) is 0 Å². The number of phenolic OH excluding ortho intramolecular Hbond substituents is 1. The number of aromatic hydroxyl groups is 1. The summed E-state index contributed by atoms with van der Waals surface area (Å²) in [5.74, 6) is 1.07. The van der Waals surface area contributed by atoms with Crippen LogP contribution < -0.4 is 4.74 Å². The molecule has 0 spiro atoms. The van der Waals surface area contributed by atoms with Crippen LogP contribution in [0.3, 0.4) is 0 Å². The molecule has 1 aliphatic rings. The smallest absolute Gasteiger partial charge is 0.123 e. The SMILES string of the molecule is CCCC1(CCOCC)c2ccccc2-c2c1cc(O)c1cc(OC)ccc21. The van der Waals surface area contributed by atoms with Gasteiger partial charge in [-0.25, -0.2) is 0 Å². The highest BCUT2D eigenvalue weighted by atomic mass is 16.5. The summed E-state index contributed by atoms with van der Waals surface area (Å²) in [6.45, 7) is 5.70.